The molecule has 5 aromatic rings. The van der Waals surface area contributed by atoms with Crippen LogP contribution in [0.25, 0.3) is 0 Å². The van der Waals surface area contributed by atoms with Crippen LogP contribution in [0.15, 0.2) is 127 Å². The lowest BCUT2D eigenvalue weighted by Gasteiger charge is -2.02. The van der Waals surface area contributed by atoms with Crippen molar-refractivity contribution in [2.24, 2.45) is 0 Å². The average Bonchev–Trinajstić information content (AvgIpc) is 2.99. The van der Waals surface area contributed by atoms with Gasteiger partial charge in [0.25, 0.3) is 0 Å². The molecule has 0 aliphatic carbocycles. The van der Waals surface area contributed by atoms with Crippen molar-refractivity contribution in [3.8, 4) is 0 Å². The Morgan fingerprint density at radius 3 is 0.857 bits per heavy atom. The first-order valence-electron chi connectivity index (χ1n) is 13.6. The second-order valence-electron chi connectivity index (χ2n) is 10.0. The largest absolute Gasteiger partial charge is 0.295 e. The molecule has 0 heterocycles. The molecule has 42 heavy (non-hydrogen) atoms. The molecule has 0 fully saturated rings. The lowest BCUT2D eigenvalue weighted by molar-refractivity contribution is 0.101. The second kappa shape index (κ2) is 16.4. The standard InChI is InChI=1S/C15H14O.C14H12O.C9H10O.CH4/c1-11-3-7-13(8-4-11)15(16)14-9-5-12(2)6-10-14;1-11-7-9-13(10-8-11)14(15)12-5-3-2-4-6-12;1-7-3-5-9(6-4-7)8(2)10;/h3-10H,1-2H3;2-10H,1H3;3-6H,1-2H3;1H4. The molecule has 3 heteroatoms. The molecule has 3 nitrogen and oxygen atoms in total. The van der Waals surface area contributed by atoms with Gasteiger partial charge >= 0.3 is 0 Å². The van der Waals surface area contributed by atoms with E-state index in [4.69, 9.17) is 0 Å². The van der Waals surface area contributed by atoms with E-state index in [1.807, 2.05) is 155 Å². The lowest BCUT2D eigenvalue weighted by atomic mass is 10.0. The summed E-state index contributed by atoms with van der Waals surface area (Å²) in [4.78, 5) is 34.8. The van der Waals surface area contributed by atoms with E-state index < -0.39 is 0 Å². The summed E-state index contributed by atoms with van der Waals surface area (Å²) in [6.07, 6.45) is 0. The van der Waals surface area contributed by atoms with Crippen molar-refractivity contribution in [2.45, 2.75) is 42.0 Å². The fourth-order valence-electron chi connectivity index (χ4n) is 3.83. The van der Waals surface area contributed by atoms with Gasteiger partial charge in [0.15, 0.2) is 17.3 Å². The lowest BCUT2D eigenvalue weighted by Crippen LogP contribution is -2.00. The maximum Gasteiger partial charge on any atom is 0.193 e. The van der Waals surface area contributed by atoms with E-state index in [0.717, 1.165) is 27.8 Å². The predicted molar refractivity (Wildman–Crippen MR) is 175 cm³/mol. The molecular weight excluding hydrogens is 516 g/mol. The molecule has 0 aliphatic heterocycles. The smallest absolute Gasteiger partial charge is 0.193 e. The molecule has 0 atom stereocenters. The van der Waals surface area contributed by atoms with Crippen molar-refractivity contribution in [1.29, 1.82) is 0 Å². The molecule has 0 saturated heterocycles. The molecule has 0 radical (unpaired) electrons. The molecule has 0 spiro atoms. The predicted octanol–water partition coefficient (Wildman–Crippen LogP) is 9.59. The van der Waals surface area contributed by atoms with Gasteiger partial charge in [-0.2, -0.15) is 0 Å². The minimum absolute atomic E-state index is 0. The van der Waals surface area contributed by atoms with Gasteiger partial charge in [-0.05, 0) is 34.6 Å². The van der Waals surface area contributed by atoms with Gasteiger partial charge < -0.3 is 0 Å². The van der Waals surface area contributed by atoms with Gasteiger partial charge in [-0.1, -0.05) is 157 Å². The van der Waals surface area contributed by atoms with Crippen LogP contribution in [0.5, 0.6) is 0 Å². The highest BCUT2D eigenvalue weighted by molar-refractivity contribution is 6.09. The summed E-state index contributed by atoms with van der Waals surface area (Å²) in [7, 11) is 0. The average molecular weight is 557 g/mol. The minimum atomic E-state index is 0. The molecule has 0 bridgehead atoms. The summed E-state index contributed by atoms with van der Waals surface area (Å²) >= 11 is 0. The van der Waals surface area contributed by atoms with Crippen LogP contribution in [0, 0.1) is 27.7 Å². The Hall–Kier alpha value is -4.89. The van der Waals surface area contributed by atoms with Crippen molar-refractivity contribution in [2.75, 3.05) is 0 Å². The Balaban J connectivity index is 0.000000223. The first kappa shape index (κ1) is 33.3. The van der Waals surface area contributed by atoms with Gasteiger partial charge in [-0.25, -0.2) is 0 Å². The van der Waals surface area contributed by atoms with Crippen LogP contribution in [0.4, 0.5) is 0 Å². The van der Waals surface area contributed by atoms with Gasteiger partial charge in [0.05, 0.1) is 0 Å². The van der Waals surface area contributed by atoms with E-state index in [0.29, 0.717) is 0 Å². The monoisotopic (exact) mass is 556 g/mol. The summed E-state index contributed by atoms with van der Waals surface area (Å²) < 4.78 is 0. The van der Waals surface area contributed by atoms with Crippen LogP contribution >= 0.6 is 0 Å². The van der Waals surface area contributed by atoms with E-state index in [-0.39, 0.29) is 24.8 Å². The molecule has 0 aromatic heterocycles. The van der Waals surface area contributed by atoms with Crippen LogP contribution in [0.1, 0.15) is 78.8 Å². The van der Waals surface area contributed by atoms with Crippen molar-refractivity contribution >= 4 is 17.3 Å². The van der Waals surface area contributed by atoms with Crippen molar-refractivity contribution in [3.05, 3.63) is 177 Å². The summed E-state index contributed by atoms with van der Waals surface area (Å²) in [6, 6.07) is 39.9. The number of carbonyl (C=O) groups excluding carboxylic acids is 3. The molecule has 214 valence electrons. The van der Waals surface area contributed by atoms with E-state index >= 15 is 0 Å². The van der Waals surface area contributed by atoms with E-state index in [2.05, 4.69) is 0 Å². The molecule has 5 aromatic carbocycles. The quantitative estimate of drug-likeness (QED) is 0.203. The number of Topliss-reactive ketones (excluding diaryl/α,β-unsaturated/α-hetero) is 1. The summed E-state index contributed by atoms with van der Waals surface area (Å²) in [5.41, 5.74) is 8.44. The highest BCUT2D eigenvalue weighted by Crippen LogP contribution is 2.12. The normalized spacial score (nSPS) is 9.64. The fourth-order valence-corrected chi connectivity index (χ4v) is 3.83. The van der Waals surface area contributed by atoms with Crippen LogP contribution in [-0.4, -0.2) is 17.3 Å². The zero-order chi connectivity index (χ0) is 29.8. The van der Waals surface area contributed by atoms with Crippen LogP contribution in [0.3, 0.4) is 0 Å². The number of rotatable bonds is 5. The molecule has 5 rings (SSSR count). The SMILES string of the molecule is C.CC(=O)c1ccc(C)cc1.Cc1ccc(C(=O)c2ccc(C)cc2)cc1.Cc1ccc(C(=O)c2ccccc2)cc1. The van der Waals surface area contributed by atoms with E-state index in [1.54, 1.807) is 6.92 Å². The Morgan fingerprint density at radius 2 is 0.595 bits per heavy atom. The Morgan fingerprint density at radius 1 is 0.357 bits per heavy atom. The first-order chi connectivity index (χ1) is 19.6. The number of hydrogen-bond donors (Lipinski definition) is 0. The summed E-state index contributed by atoms with van der Waals surface area (Å²) in [6.45, 7) is 9.62. The number of ketones is 3. The van der Waals surface area contributed by atoms with Gasteiger partial charge in [-0.15, -0.1) is 0 Å². The third-order valence-electron chi connectivity index (χ3n) is 6.44. The van der Waals surface area contributed by atoms with Gasteiger partial charge in [0.2, 0.25) is 0 Å². The maximum absolute atomic E-state index is 12.1. The molecule has 0 N–H and O–H groups in total. The van der Waals surface area contributed by atoms with Gasteiger partial charge in [-0.3, -0.25) is 14.4 Å². The van der Waals surface area contributed by atoms with Crippen LogP contribution in [-0.2, 0) is 0 Å². The third kappa shape index (κ3) is 10.3. The Bertz CT molecular complexity index is 1510. The number of aryl methyl sites for hydroxylation is 4. The zero-order valence-electron chi connectivity index (χ0n) is 24.3. The van der Waals surface area contributed by atoms with Crippen LogP contribution < -0.4 is 0 Å². The first-order valence-corrected chi connectivity index (χ1v) is 13.6. The zero-order valence-corrected chi connectivity index (χ0v) is 24.3. The highest BCUT2D eigenvalue weighted by atomic mass is 16.1. The van der Waals surface area contributed by atoms with Gasteiger partial charge in [0.1, 0.15) is 0 Å². The van der Waals surface area contributed by atoms with Crippen molar-refractivity contribution in [1.82, 2.24) is 0 Å². The molecule has 0 saturated carbocycles. The van der Waals surface area contributed by atoms with Crippen molar-refractivity contribution in [3.63, 3.8) is 0 Å². The highest BCUT2D eigenvalue weighted by Gasteiger charge is 2.08. The van der Waals surface area contributed by atoms with Gasteiger partial charge in [0, 0.05) is 27.8 Å². The number of hydrogen-bond acceptors (Lipinski definition) is 3. The fraction of sp³-hybridized carbons (Fsp3) is 0.154. The van der Waals surface area contributed by atoms with E-state index in [1.165, 1.54) is 22.3 Å². The number of carbonyl (C=O) groups is 3. The number of benzene rings is 5. The molecular formula is C39H40O3. The summed E-state index contributed by atoms with van der Waals surface area (Å²) in [5.74, 6) is 0.288. The summed E-state index contributed by atoms with van der Waals surface area (Å²) in [5, 5.41) is 0. The molecule has 0 amide bonds. The Kier molecular flexibility index (Phi) is 13.0. The van der Waals surface area contributed by atoms with Crippen LogP contribution in [0.2, 0.25) is 0 Å². The Labute approximate surface area is 250 Å². The van der Waals surface area contributed by atoms with E-state index in [9.17, 15) is 14.4 Å². The van der Waals surface area contributed by atoms with Crippen molar-refractivity contribution < 1.29 is 14.4 Å². The third-order valence-corrected chi connectivity index (χ3v) is 6.44. The minimum Gasteiger partial charge on any atom is -0.295 e. The second-order valence-corrected chi connectivity index (χ2v) is 10.0. The molecule has 0 unspecified atom stereocenters. The maximum atomic E-state index is 12.1. The topological polar surface area (TPSA) is 51.2 Å². The molecule has 0 aliphatic rings.